The fraction of sp³-hybridized carbons (Fsp3) is 0.562. The first-order chi connectivity index (χ1) is 10.1. The van der Waals surface area contributed by atoms with Gasteiger partial charge in [0.2, 0.25) is 0 Å². The highest BCUT2D eigenvalue weighted by atomic mass is 16.5. The lowest BCUT2D eigenvalue weighted by Crippen LogP contribution is -2.42. The molecule has 0 spiro atoms. The molecule has 116 valence electrons. The Morgan fingerprint density at radius 1 is 1.24 bits per heavy atom. The van der Waals surface area contributed by atoms with Gasteiger partial charge in [0.1, 0.15) is 17.1 Å². The Morgan fingerprint density at radius 2 is 1.76 bits per heavy atom. The molecule has 0 aliphatic carbocycles. The maximum absolute atomic E-state index is 12.8. The van der Waals surface area contributed by atoms with Crippen LogP contribution in [0.25, 0.3) is 0 Å². The van der Waals surface area contributed by atoms with Crippen LogP contribution in [0.1, 0.15) is 30.1 Å². The fourth-order valence-electron chi connectivity index (χ4n) is 2.85. The van der Waals surface area contributed by atoms with Crippen molar-refractivity contribution in [1.82, 2.24) is 4.90 Å². The van der Waals surface area contributed by atoms with Crippen molar-refractivity contribution in [3.8, 4) is 11.5 Å². The number of methoxy groups -OCH3 is 2. The molecule has 5 heteroatoms. The van der Waals surface area contributed by atoms with Crippen LogP contribution in [-0.4, -0.2) is 44.2 Å². The molecule has 1 aliphatic heterocycles. The lowest BCUT2D eigenvalue weighted by atomic mass is 9.90. The van der Waals surface area contributed by atoms with Gasteiger partial charge in [0.05, 0.1) is 14.2 Å². The van der Waals surface area contributed by atoms with Gasteiger partial charge in [-0.05, 0) is 37.8 Å². The number of benzene rings is 1. The van der Waals surface area contributed by atoms with E-state index < -0.39 is 0 Å². The molecule has 1 fully saturated rings. The van der Waals surface area contributed by atoms with Crippen LogP contribution in [0.5, 0.6) is 11.5 Å². The smallest absolute Gasteiger partial charge is 0.261 e. The van der Waals surface area contributed by atoms with E-state index in [0.717, 1.165) is 25.9 Å². The van der Waals surface area contributed by atoms with Crippen molar-refractivity contribution in [2.45, 2.75) is 25.8 Å². The maximum Gasteiger partial charge on any atom is 0.261 e. The largest absolute Gasteiger partial charge is 0.496 e. The van der Waals surface area contributed by atoms with E-state index in [-0.39, 0.29) is 11.9 Å². The number of nitrogens with two attached hydrogens (primary N) is 1. The van der Waals surface area contributed by atoms with E-state index in [1.807, 2.05) is 17.9 Å². The number of hydrogen-bond donors (Lipinski definition) is 1. The summed E-state index contributed by atoms with van der Waals surface area (Å²) in [6.07, 6.45) is 1.89. The summed E-state index contributed by atoms with van der Waals surface area (Å²) in [5.74, 6) is 1.56. The number of nitrogens with zero attached hydrogens (tertiary/aromatic N) is 1. The Balaban J connectivity index is 2.18. The van der Waals surface area contributed by atoms with Crippen molar-refractivity contribution >= 4 is 5.91 Å². The molecular weight excluding hydrogens is 268 g/mol. The Kier molecular flexibility index (Phi) is 5.07. The van der Waals surface area contributed by atoms with Gasteiger partial charge in [-0.1, -0.05) is 6.07 Å². The van der Waals surface area contributed by atoms with E-state index in [0.29, 0.717) is 23.0 Å². The highest BCUT2D eigenvalue weighted by molar-refractivity contribution is 5.99. The first kappa shape index (κ1) is 15.6. The first-order valence-electron chi connectivity index (χ1n) is 7.34. The molecular formula is C16H24N2O3. The average Bonchev–Trinajstić information content (AvgIpc) is 2.53. The lowest BCUT2D eigenvalue weighted by molar-refractivity contribution is 0.0674. The van der Waals surface area contributed by atoms with E-state index in [9.17, 15) is 4.79 Å². The van der Waals surface area contributed by atoms with Gasteiger partial charge in [-0.25, -0.2) is 0 Å². The molecule has 2 N–H and O–H groups in total. The number of piperidine rings is 1. The Morgan fingerprint density at radius 3 is 2.19 bits per heavy atom. The number of amides is 1. The Hall–Kier alpha value is -1.75. The van der Waals surface area contributed by atoms with Crippen LogP contribution in [0, 0.1) is 5.92 Å². The normalized spacial score (nSPS) is 17.4. The second kappa shape index (κ2) is 6.80. The number of carbonyl (C=O) groups excluding carboxylic acids is 1. The van der Waals surface area contributed by atoms with E-state index >= 15 is 0 Å². The number of likely N-dealkylation sites (tertiary alicyclic amines) is 1. The van der Waals surface area contributed by atoms with Gasteiger partial charge >= 0.3 is 0 Å². The second-order valence-corrected chi connectivity index (χ2v) is 5.53. The molecule has 0 radical (unpaired) electrons. The fourth-order valence-corrected chi connectivity index (χ4v) is 2.85. The van der Waals surface area contributed by atoms with Gasteiger partial charge in [-0.3, -0.25) is 4.79 Å². The van der Waals surface area contributed by atoms with Crippen molar-refractivity contribution in [2.24, 2.45) is 11.7 Å². The molecule has 1 aromatic carbocycles. The minimum atomic E-state index is -0.0348. The molecule has 5 nitrogen and oxygen atoms in total. The first-order valence-corrected chi connectivity index (χ1v) is 7.34. The van der Waals surface area contributed by atoms with E-state index in [1.54, 1.807) is 26.4 Å². The summed E-state index contributed by atoms with van der Waals surface area (Å²) in [4.78, 5) is 14.6. The van der Waals surface area contributed by atoms with Crippen LogP contribution in [0.4, 0.5) is 0 Å². The van der Waals surface area contributed by atoms with Crippen LogP contribution in [0.2, 0.25) is 0 Å². The number of rotatable bonds is 4. The molecule has 0 bridgehead atoms. The third kappa shape index (κ3) is 3.29. The standard InChI is InChI=1S/C16H24N2O3/c1-11(17)12-7-9-18(10-8-12)16(19)15-13(20-2)5-4-6-14(15)21-3/h4-6,11-12H,7-10,17H2,1-3H3. The van der Waals surface area contributed by atoms with Crippen LogP contribution < -0.4 is 15.2 Å². The minimum absolute atomic E-state index is 0.0348. The van der Waals surface area contributed by atoms with Crippen molar-refractivity contribution < 1.29 is 14.3 Å². The number of ether oxygens (including phenoxy) is 2. The van der Waals surface area contributed by atoms with E-state index in [2.05, 4.69) is 0 Å². The third-order valence-corrected chi connectivity index (χ3v) is 4.21. The molecule has 1 saturated heterocycles. The monoisotopic (exact) mass is 292 g/mol. The van der Waals surface area contributed by atoms with Crippen LogP contribution in [-0.2, 0) is 0 Å². The molecule has 0 saturated carbocycles. The molecule has 1 heterocycles. The highest BCUT2D eigenvalue weighted by Gasteiger charge is 2.28. The van der Waals surface area contributed by atoms with Crippen molar-refractivity contribution in [2.75, 3.05) is 27.3 Å². The summed E-state index contributed by atoms with van der Waals surface area (Å²) >= 11 is 0. The summed E-state index contributed by atoms with van der Waals surface area (Å²) in [7, 11) is 3.13. The molecule has 21 heavy (non-hydrogen) atoms. The van der Waals surface area contributed by atoms with E-state index in [1.165, 1.54) is 0 Å². The Labute approximate surface area is 126 Å². The summed E-state index contributed by atoms with van der Waals surface area (Å²) < 4.78 is 10.6. The van der Waals surface area contributed by atoms with Crippen LogP contribution in [0.15, 0.2) is 18.2 Å². The van der Waals surface area contributed by atoms with Gasteiger partial charge < -0.3 is 20.1 Å². The molecule has 1 aliphatic rings. The zero-order chi connectivity index (χ0) is 15.4. The van der Waals surface area contributed by atoms with Crippen LogP contribution in [0.3, 0.4) is 0 Å². The average molecular weight is 292 g/mol. The van der Waals surface area contributed by atoms with Gasteiger partial charge in [-0.15, -0.1) is 0 Å². The van der Waals surface area contributed by atoms with Crippen LogP contribution >= 0.6 is 0 Å². The maximum atomic E-state index is 12.8. The topological polar surface area (TPSA) is 64.8 Å². The Bertz CT molecular complexity index is 472. The summed E-state index contributed by atoms with van der Waals surface area (Å²) in [6, 6.07) is 5.56. The predicted octanol–water partition coefficient (Wildman–Crippen LogP) is 1.90. The quantitative estimate of drug-likeness (QED) is 0.920. The van der Waals surface area contributed by atoms with Gasteiger partial charge in [0, 0.05) is 19.1 Å². The number of hydrogen-bond acceptors (Lipinski definition) is 4. The summed E-state index contributed by atoms with van der Waals surface area (Å²) in [5.41, 5.74) is 6.45. The third-order valence-electron chi connectivity index (χ3n) is 4.21. The van der Waals surface area contributed by atoms with Gasteiger partial charge in [0.25, 0.3) is 5.91 Å². The van der Waals surface area contributed by atoms with Gasteiger partial charge in [0.15, 0.2) is 0 Å². The molecule has 1 amide bonds. The van der Waals surface area contributed by atoms with Crippen molar-refractivity contribution in [3.05, 3.63) is 23.8 Å². The van der Waals surface area contributed by atoms with Crippen molar-refractivity contribution in [1.29, 1.82) is 0 Å². The summed E-state index contributed by atoms with van der Waals surface area (Å²) in [5, 5.41) is 0. The summed E-state index contributed by atoms with van der Waals surface area (Å²) in [6.45, 7) is 3.49. The zero-order valence-electron chi connectivity index (χ0n) is 13.0. The molecule has 0 aromatic heterocycles. The second-order valence-electron chi connectivity index (χ2n) is 5.53. The highest BCUT2D eigenvalue weighted by Crippen LogP contribution is 2.31. The minimum Gasteiger partial charge on any atom is -0.496 e. The molecule has 1 atom stereocenters. The van der Waals surface area contributed by atoms with Crippen molar-refractivity contribution in [3.63, 3.8) is 0 Å². The zero-order valence-corrected chi connectivity index (χ0v) is 13.0. The SMILES string of the molecule is COc1cccc(OC)c1C(=O)N1CCC(C(C)N)CC1. The predicted molar refractivity (Wildman–Crippen MR) is 81.8 cm³/mol. The molecule has 2 rings (SSSR count). The number of carbonyl (C=O) groups is 1. The molecule has 1 unspecified atom stereocenters. The van der Waals surface area contributed by atoms with Gasteiger partial charge in [-0.2, -0.15) is 0 Å². The van der Waals surface area contributed by atoms with E-state index in [4.69, 9.17) is 15.2 Å². The molecule has 1 aromatic rings. The lowest BCUT2D eigenvalue weighted by Gasteiger charge is -2.34.